The molecule has 6 heteroatoms. The molecule has 3 fully saturated rings. The van der Waals surface area contributed by atoms with Gasteiger partial charge in [0.2, 0.25) is 11.8 Å². The fraction of sp³-hybridized carbons (Fsp3) is 0.882. The van der Waals surface area contributed by atoms with Crippen LogP contribution in [0.5, 0.6) is 0 Å². The van der Waals surface area contributed by atoms with E-state index in [0.29, 0.717) is 37.5 Å². The highest BCUT2D eigenvalue weighted by Gasteiger charge is 2.41. The molecule has 130 valence electrons. The van der Waals surface area contributed by atoms with E-state index in [-0.39, 0.29) is 11.8 Å². The maximum Gasteiger partial charge on any atom is 0.225 e. The van der Waals surface area contributed by atoms with Crippen LogP contribution in [0.25, 0.3) is 0 Å². The number of hydrogen-bond acceptors (Lipinski definition) is 4. The highest BCUT2D eigenvalue weighted by atomic mass is 16.5. The molecule has 0 spiro atoms. The SMILES string of the molecule is CNCCN1C(=O)CC[C@H]2CN(C(=O)C3CCOCC3)CC[C@H]21. The lowest BCUT2D eigenvalue weighted by molar-refractivity contribution is -0.147. The maximum absolute atomic E-state index is 12.7. The van der Waals surface area contributed by atoms with E-state index in [4.69, 9.17) is 4.74 Å². The predicted octanol–water partition coefficient (Wildman–Crippen LogP) is 0.472. The number of likely N-dealkylation sites (N-methyl/N-ethyl adjacent to an activating group) is 1. The summed E-state index contributed by atoms with van der Waals surface area (Å²) in [5.41, 5.74) is 0. The summed E-state index contributed by atoms with van der Waals surface area (Å²) in [6.45, 7) is 4.65. The molecule has 0 aromatic rings. The Labute approximate surface area is 138 Å². The van der Waals surface area contributed by atoms with Gasteiger partial charge in [-0.25, -0.2) is 0 Å². The average molecular weight is 323 g/mol. The molecule has 0 aliphatic carbocycles. The molecule has 3 aliphatic rings. The Hall–Kier alpha value is -1.14. The molecule has 0 aromatic heterocycles. The number of carbonyl (C=O) groups is 2. The number of nitrogens with zero attached hydrogens (tertiary/aromatic N) is 2. The summed E-state index contributed by atoms with van der Waals surface area (Å²) in [6, 6.07) is 0.323. The molecule has 0 unspecified atom stereocenters. The zero-order chi connectivity index (χ0) is 16.2. The molecule has 3 heterocycles. The van der Waals surface area contributed by atoms with Crippen molar-refractivity contribution in [3.63, 3.8) is 0 Å². The first-order valence-corrected chi connectivity index (χ1v) is 9.01. The van der Waals surface area contributed by atoms with Crippen molar-refractivity contribution in [3.05, 3.63) is 0 Å². The van der Waals surface area contributed by atoms with Gasteiger partial charge in [0.05, 0.1) is 0 Å². The Bertz CT molecular complexity index is 437. The van der Waals surface area contributed by atoms with Crippen LogP contribution in [-0.4, -0.2) is 74.1 Å². The molecule has 3 rings (SSSR count). The first-order valence-electron chi connectivity index (χ1n) is 9.01. The molecule has 0 aromatic carbocycles. The van der Waals surface area contributed by atoms with E-state index in [0.717, 1.165) is 51.9 Å². The van der Waals surface area contributed by atoms with Crippen molar-refractivity contribution in [2.45, 2.75) is 38.1 Å². The van der Waals surface area contributed by atoms with Gasteiger partial charge in [-0.05, 0) is 38.6 Å². The highest BCUT2D eigenvalue weighted by molar-refractivity contribution is 5.80. The number of ether oxygens (including phenoxy) is 1. The molecule has 2 amide bonds. The van der Waals surface area contributed by atoms with Crippen molar-refractivity contribution < 1.29 is 14.3 Å². The van der Waals surface area contributed by atoms with Crippen molar-refractivity contribution in [2.24, 2.45) is 11.8 Å². The molecular formula is C17H29N3O3. The van der Waals surface area contributed by atoms with E-state index < -0.39 is 0 Å². The maximum atomic E-state index is 12.7. The standard InChI is InChI=1S/C17H29N3O3/c1-18-7-9-20-15-4-8-19(12-14(15)2-3-16(20)21)17(22)13-5-10-23-11-6-13/h13-15,18H,2-12H2,1H3/t14-,15+/m0/s1. The van der Waals surface area contributed by atoms with Crippen molar-refractivity contribution >= 4 is 11.8 Å². The first kappa shape index (κ1) is 16.7. The second-order valence-electron chi connectivity index (χ2n) is 7.02. The number of nitrogens with one attached hydrogen (secondary N) is 1. The van der Waals surface area contributed by atoms with Gasteiger partial charge in [-0.2, -0.15) is 0 Å². The number of amides is 2. The van der Waals surface area contributed by atoms with E-state index in [1.165, 1.54) is 0 Å². The smallest absolute Gasteiger partial charge is 0.225 e. The Balaban J connectivity index is 1.59. The number of carbonyl (C=O) groups excluding carboxylic acids is 2. The van der Waals surface area contributed by atoms with Crippen LogP contribution >= 0.6 is 0 Å². The zero-order valence-electron chi connectivity index (χ0n) is 14.1. The lowest BCUT2D eigenvalue weighted by atomic mass is 9.82. The van der Waals surface area contributed by atoms with Crippen molar-refractivity contribution in [2.75, 3.05) is 46.4 Å². The van der Waals surface area contributed by atoms with E-state index in [1.54, 1.807) is 0 Å². The van der Waals surface area contributed by atoms with Crippen molar-refractivity contribution in [3.8, 4) is 0 Å². The Morgan fingerprint density at radius 1 is 1.26 bits per heavy atom. The molecule has 1 N–H and O–H groups in total. The fourth-order valence-electron chi connectivity index (χ4n) is 4.28. The number of piperidine rings is 2. The quantitative estimate of drug-likeness (QED) is 0.817. The van der Waals surface area contributed by atoms with E-state index >= 15 is 0 Å². The summed E-state index contributed by atoms with van der Waals surface area (Å²) in [6.07, 6.45) is 4.20. The Morgan fingerprint density at radius 3 is 2.78 bits per heavy atom. The van der Waals surface area contributed by atoms with Crippen LogP contribution in [0.4, 0.5) is 0 Å². The van der Waals surface area contributed by atoms with Crippen molar-refractivity contribution in [1.29, 1.82) is 0 Å². The van der Waals surface area contributed by atoms with Gasteiger partial charge in [0.1, 0.15) is 0 Å². The molecule has 0 saturated carbocycles. The minimum Gasteiger partial charge on any atom is -0.381 e. The largest absolute Gasteiger partial charge is 0.381 e. The minimum absolute atomic E-state index is 0.144. The molecule has 23 heavy (non-hydrogen) atoms. The van der Waals surface area contributed by atoms with E-state index in [9.17, 15) is 9.59 Å². The topological polar surface area (TPSA) is 61.9 Å². The summed E-state index contributed by atoms with van der Waals surface area (Å²) >= 11 is 0. The normalized spacial score (nSPS) is 29.5. The second kappa shape index (κ2) is 7.62. The second-order valence-corrected chi connectivity index (χ2v) is 7.02. The molecular weight excluding hydrogens is 294 g/mol. The van der Waals surface area contributed by atoms with Crippen LogP contribution in [0.3, 0.4) is 0 Å². The molecule has 2 atom stereocenters. The van der Waals surface area contributed by atoms with Gasteiger partial charge in [0.15, 0.2) is 0 Å². The number of likely N-dealkylation sites (tertiary alicyclic amines) is 2. The van der Waals surface area contributed by atoms with Gasteiger partial charge in [-0.15, -0.1) is 0 Å². The van der Waals surface area contributed by atoms with Gasteiger partial charge in [0, 0.05) is 57.8 Å². The van der Waals surface area contributed by atoms with Crippen LogP contribution in [-0.2, 0) is 14.3 Å². The minimum atomic E-state index is 0.144. The lowest BCUT2D eigenvalue weighted by Crippen LogP contribution is -2.58. The monoisotopic (exact) mass is 323 g/mol. The van der Waals surface area contributed by atoms with Gasteiger partial charge >= 0.3 is 0 Å². The third-order valence-corrected chi connectivity index (χ3v) is 5.63. The van der Waals surface area contributed by atoms with Gasteiger partial charge in [-0.1, -0.05) is 0 Å². The number of rotatable bonds is 4. The van der Waals surface area contributed by atoms with Crippen LogP contribution in [0.15, 0.2) is 0 Å². The van der Waals surface area contributed by atoms with E-state index in [1.807, 2.05) is 7.05 Å². The third kappa shape index (κ3) is 3.69. The zero-order valence-corrected chi connectivity index (χ0v) is 14.1. The van der Waals surface area contributed by atoms with Crippen LogP contribution < -0.4 is 5.32 Å². The number of fused-ring (bicyclic) bond motifs is 1. The molecule has 6 nitrogen and oxygen atoms in total. The van der Waals surface area contributed by atoms with Crippen molar-refractivity contribution in [1.82, 2.24) is 15.1 Å². The third-order valence-electron chi connectivity index (χ3n) is 5.63. The average Bonchev–Trinajstić information content (AvgIpc) is 2.60. The van der Waals surface area contributed by atoms with Crippen LogP contribution in [0.2, 0.25) is 0 Å². The molecule has 3 saturated heterocycles. The first-order chi connectivity index (χ1) is 11.2. The van der Waals surface area contributed by atoms with Crippen LogP contribution in [0, 0.1) is 11.8 Å². The summed E-state index contributed by atoms with van der Waals surface area (Å²) in [5, 5.41) is 3.13. The summed E-state index contributed by atoms with van der Waals surface area (Å²) in [7, 11) is 1.92. The van der Waals surface area contributed by atoms with Gasteiger partial charge in [-0.3, -0.25) is 9.59 Å². The lowest BCUT2D eigenvalue weighted by Gasteiger charge is -2.47. The number of hydrogen-bond donors (Lipinski definition) is 1. The van der Waals surface area contributed by atoms with Gasteiger partial charge < -0.3 is 19.9 Å². The van der Waals surface area contributed by atoms with E-state index in [2.05, 4.69) is 15.1 Å². The fourth-order valence-corrected chi connectivity index (χ4v) is 4.28. The molecule has 0 bridgehead atoms. The summed E-state index contributed by atoms with van der Waals surface area (Å²) < 4.78 is 5.37. The molecule has 0 radical (unpaired) electrons. The van der Waals surface area contributed by atoms with Crippen LogP contribution in [0.1, 0.15) is 32.1 Å². The molecule has 3 aliphatic heterocycles. The summed E-state index contributed by atoms with van der Waals surface area (Å²) in [4.78, 5) is 29.1. The Kier molecular flexibility index (Phi) is 5.54. The summed E-state index contributed by atoms with van der Waals surface area (Å²) in [5.74, 6) is 1.18. The Morgan fingerprint density at radius 2 is 2.04 bits per heavy atom. The van der Waals surface area contributed by atoms with Gasteiger partial charge in [0.25, 0.3) is 0 Å². The predicted molar refractivity (Wildman–Crippen MR) is 86.9 cm³/mol. The highest BCUT2D eigenvalue weighted by Crippen LogP contribution is 2.32.